The van der Waals surface area contributed by atoms with Crippen LogP contribution in [0.3, 0.4) is 0 Å². The highest BCUT2D eigenvalue weighted by Gasteiger charge is 2.23. The molecule has 0 bridgehead atoms. The van der Waals surface area contributed by atoms with E-state index in [0.717, 1.165) is 29.2 Å². The lowest BCUT2D eigenvalue weighted by atomic mass is 9.89. The van der Waals surface area contributed by atoms with Crippen molar-refractivity contribution in [2.45, 2.75) is 44.9 Å². The molecule has 0 aliphatic heterocycles. The number of esters is 1. The average molecular weight is 328 g/mol. The molecule has 0 spiro atoms. The first-order valence-electron chi connectivity index (χ1n) is 8.49. The van der Waals surface area contributed by atoms with Crippen LogP contribution in [0.4, 0.5) is 0 Å². The molecular weight excluding hydrogens is 304 g/mol. The predicted molar refractivity (Wildman–Crippen MR) is 94.0 cm³/mol. The van der Waals surface area contributed by atoms with Gasteiger partial charge in [-0.3, -0.25) is 9.59 Å². The van der Waals surface area contributed by atoms with Gasteiger partial charge in [0.25, 0.3) is 0 Å². The predicted octanol–water partition coefficient (Wildman–Crippen LogP) is 4.52. The Morgan fingerprint density at radius 3 is 2.54 bits per heavy atom. The standard InChI is InChI=1S/C20H24O4/c1-2-24-20(23)18(12-4-3-5-14-19(21)22)17-13-8-10-15-9-6-7-11-16(15)17/h6-11,13,18H,2-5,12,14H2,1H3,(H,21,22). The number of ether oxygens (including phenoxy) is 1. The zero-order valence-electron chi connectivity index (χ0n) is 14.0. The summed E-state index contributed by atoms with van der Waals surface area (Å²) in [6.07, 6.45) is 3.10. The van der Waals surface area contributed by atoms with E-state index in [-0.39, 0.29) is 18.3 Å². The van der Waals surface area contributed by atoms with Crippen LogP contribution >= 0.6 is 0 Å². The third-order valence-corrected chi connectivity index (χ3v) is 4.15. The number of carboxylic acid groups (broad SMARTS) is 1. The SMILES string of the molecule is CCOC(=O)C(CCCCCC(=O)O)c1cccc2ccccc12. The van der Waals surface area contributed by atoms with Crippen molar-refractivity contribution in [3.8, 4) is 0 Å². The number of benzene rings is 2. The van der Waals surface area contributed by atoms with Crippen molar-refractivity contribution < 1.29 is 19.4 Å². The minimum absolute atomic E-state index is 0.179. The fourth-order valence-corrected chi connectivity index (χ4v) is 3.00. The van der Waals surface area contributed by atoms with Crippen LogP contribution in [0.2, 0.25) is 0 Å². The van der Waals surface area contributed by atoms with Gasteiger partial charge in [0, 0.05) is 6.42 Å². The Morgan fingerprint density at radius 2 is 1.79 bits per heavy atom. The number of carbonyl (C=O) groups is 2. The molecule has 2 aromatic carbocycles. The fourth-order valence-electron chi connectivity index (χ4n) is 3.00. The zero-order chi connectivity index (χ0) is 17.4. The number of aliphatic carboxylic acids is 1. The molecule has 128 valence electrons. The van der Waals surface area contributed by atoms with Crippen molar-refractivity contribution in [1.82, 2.24) is 0 Å². The highest BCUT2D eigenvalue weighted by atomic mass is 16.5. The van der Waals surface area contributed by atoms with Crippen molar-refractivity contribution in [3.05, 3.63) is 48.0 Å². The van der Waals surface area contributed by atoms with Gasteiger partial charge >= 0.3 is 11.9 Å². The summed E-state index contributed by atoms with van der Waals surface area (Å²) in [5.41, 5.74) is 0.991. The van der Waals surface area contributed by atoms with Gasteiger partial charge in [-0.25, -0.2) is 0 Å². The normalized spacial score (nSPS) is 12.0. The molecule has 0 aliphatic rings. The van der Waals surface area contributed by atoms with E-state index in [9.17, 15) is 9.59 Å². The van der Waals surface area contributed by atoms with Gasteiger partial charge in [-0.05, 0) is 36.1 Å². The van der Waals surface area contributed by atoms with Crippen LogP contribution in [0, 0.1) is 0 Å². The lowest BCUT2D eigenvalue weighted by Crippen LogP contribution is -2.16. The Morgan fingerprint density at radius 1 is 1.04 bits per heavy atom. The van der Waals surface area contributed by atoms with Gasteiger partial charge in [0.15, 0.2) is 0 Å². The monoisotopic (exact) mass is 328 g/mol. The third-order valence-electron chi connectivity index (χ3n) is 4.15. The topological polar surface area (TPSA) is 63.6 Å². The van der Waals surface area contributed by atoms with E-state index in [1.54, 1.807) is 0 Å². The van der Waals surface area contributed by atoms with Crippen LogP contribution in [-0.2, 0) is 14.3 Å². The number of hydrogen-bond donors (Lipinski definition) is 1. The van der Waals surface area contributed by atoms with Gasteiger partial charge in [0.1, 0.15) is 0 Å². The van der Waals surface area contributed by atoms with Crippen LogP contribution in [0.5, 0.6) is 0 Å². The van der Waals surface area contributed by atoms with Gasteiger partial charge in [-0.1, -0.05) is 55.3 Å². The highest BCUT2D eigenvalue weighted by Crippen LogP contribution is 2.30. The second-order valence-corrected chi connectivity index (χ2v) is 5.87. The summed E-state index contributed by atoms with van der Waals surface area (Å²) in [5, 5.41) is 10.9. The molecule has 4 nitrogen and oxygen atoms in total. The van der Waals surface area contributed by atoms with E-state index < -0.39 is 5.97 Å². The number of carboxylic acids is 1. The molecule has 0 heterocycles. The molecule has 1 unspecified atom stereocenters. The summed E-state index contributed by atoms with van der Waals surface area (Å²) in [6, 6.07) is 14.0. The molecule has 0 radical (unpaired) electrons. The molecule has 2 aromatic rings. The number of carbonyl (C=O) groups excluding carboxylic acids is 1. The first-order valence-corrected chi connectivity index (χ1v) is 8.49. The summed E-state index contributed by atoms with van der Waals surface area (Å²) in [5.74, 6) is -1.28. The Balaban J connectivity index is 2.16. The fraction of sp³-hybridized carbons (Fsp3) is 0.400. The zero-order valence-corrected chi connectivity index (χ0v) is 14.0. The maximum absolute atomic E-state index is 12.4. The van der Waals surface area contributed by atoms with Gasteiger partial charge in [-0.15, -0.1) is 0 Å². The minimum Gasteiger partial charge on any atom is -0.481 e. The van der Waals surface area contributed by atoms with Crippen LogP contribution in [-0.4, -0.2) is 23.7 Å². The molecule has 0 saturated heterocycles. The van der Waals surface area contributed by atoms with Crippen molar-refractivity contribution in [2.24, 2.45) is 0 Å². The highest BCUT2D eigenvalue weighted by molar-refractivity contribution is 5.91. The molecule has 0 fully saturated rings. The Hall–Kier alpha value is -2.36. The van der Waals surface area contributed by atoms with Crippen LogP contribution in [0.15, 0.2) is 42.5 Å². The number of hydrogen-bond acceptors (Lipinski definition) is 3. The number of rotatable bonds is 9. The summed E-state index contributed by atoms with van der Waals surface area (Å²) in [6.45, 7) is 2.17. The molecular formula is C20H24O4. The lowest BCUT2D eigenvalue weighted by Gasteiger charge is -2.18. The summed E-state index contributed by atoms with van der Waals surface area (Å²) < 4.78 is 5.27. The molecule has 0 saturated carbocycles. The molecule has 1 N–H and O–H groups in total. The van der Waals surface area contributed by atoms with Crippen molar-refractivity contribution in [2.75, 3.05) is 6.61 Å². The van der Waals surface area contributed by atoms with E-state index in [4.69, 9.17) is 9.84 Å². The lowest BCUT2D eigenvalue weighted by molar-refractivity contribution is -0.145. The molecule has 0 amide bonds. The van der Waals surface area contributed by atoms with E-state index in [0.29, 0.717) is 19.4 Å². The van der Waals surface area contributed by atoms with Crippen LogP contribution in [0.25, 0.3) is 10.8 Å². The Bertz CT molecular complexity index is 688. The Kier molecular flexibility index (Phi) is 6.79. The third kappa shape index (κ3) is 4.82. The van der Waals surface area contributed by atoms with E-state index in [1.807, 2.05) is 49.4 Å². The Labute approximate surface area is 142 Å². The molecule has 0 aromatic heterocycles. The summed E-state index contributed by atoms with van der Waals surface area (Å²) in [7, 11) is 0. The quantitative estimate of drug-likeness (QED) is 0.543. The molecule has 4 heteroatoms. The van der Waals surface area contributed by atoms with E-state index >= 15 is 0 Å². The van der Waals surface area contributed by atoms with Crippen molar-refractivity contribution in [3.63, 3.8) is 0 Å². The summed E-state index contributed by atoms with van der Waals surface area (Å²) >= 11 is 0. The van der Waals surface area contributed by atoms with Crippen LogP contribution in [0.1, 0.15) is 50.5 Å². The average Bonchev–Trinajstić information content (AvgIpc) is 2.57. The molecule has 24 heavy (non-hydrogen) atoms. The van der Waals surface area contributed by atoms with Gasteiger partial charge in [0.2, 0.25) is 0 Å². The smallest absolute Gasteiger partial charge is 0.313 e. The molecule has 1 atom stereocenters. The van der Waals surface area contributed by atoms with Crippen molar-refractivity contribution >= 4 is 22.7 Å². The van der Waals surface area contributed by atoms with E-state index in [1.165, 1.54) is 0 Å². The maximum Gasteiger partial charge on any atom is 0.313 e. The van der Waals surface area contributed by atoms with Crippen LogP contribution < -0.4 is 0 Å². The first kappa shape index (κ1) is 18.0. The number of fused-ring (bicyclic) bond motifs is 1. The summed E-state index contributed by atoms with van der Waals surface area (Å²) in [4.78, 5) is 23.0. The molecule has 2 rings (SSSR count). The second kappa shape index (κ2) is 9.06. The van der Waals surface area contributed by atoms with Gasteiger partial charge in [-0.2, -0.15) is 0 Å². The maximum atomic E-state index is 12.4. The first-order chi connectivity index (χ1) is 11.6. The number of unbranched alkanes of at least 4 members (excludes halogenated alkanes) is 2. The van der Waals surface area contributed by atoms with Gasteiger partial charge in [0.05, 0.1) is 12.5 Å². The van der Waals surface area contributed by atoms with E-state index in [2.05, 4.69) is 0 Å². The largest absolute Gasteiger partial charge is 0.481 e. The minimum atomic E-state index is -0.772. The molecule has 0 aliphatic carbocycles. The second-order valence-electron chi connectivity index (χ2n) is 5.87. The van der Waals surface area contributed by atoms with Crippen molar-refractivity contribution in [1.29, 1.82) is 0 Å². The van der Waals surface area contributed by atoms with Gasteiger partial charge < -0.3 is 9.84 Å².